The van der Waals surface area contributed by atoms with Crippen LogP contribution in [0.4, 0.5) is 5.69 Å². The van der Waals surface area contributed by atoms with Crippen molar-refractivity contribution in [2.45, 2.75) is 32.7 Å². The zero-order valence-electron chi connectivity index (χ0n) is 15.8. The van der Waals surface area contributed by atoms with Gasteiger partial charge in [-0.2, -0.15) is 0 Å². The van der Waals surface area contributed by atoms with Gasteiger partial charge in [0.1, 0.15) is 5.01 Å². The molecule has 28 heavy (non-hydrogen) atoms. The first kappa shape index (κ1) is 19.8. The Bertz CT molecular complexity index is 920. The summed E-state index contributed by atoms with van der Waals surface area (Å²) in [6.45, 7) is 2.49. The first-order valence-electron chi connectivity index (χ1n) is 9.29. The number of anilines is 1. The predicted octanol–water partition coefficient (Wildman–Crippen LogP) is 4.41. The third-order valence-corrected chi connectivity index (χ3v) is 4.99. The first-order chi connectivity index (χ1) is 13.6. The molecule has 0 aliphatic rings. The van der Waals surface area contributed by atoms with Crippen LogP contribution in [-0.2, 0) is 22.6 Å². The number of carbonyl (C=O) groups excluding carboxylic acids is 2. The van der Waals surface area contributed by atoms with Crippen molar-refractivity contribution < 1.29 is 9.59 Å². The molecule has 2 N–H and O–H groups in total. The summed E-state index contributed by atoms with van der Waals surface area (Å²) in [4.78, 5) is 28.4. The van der Waals surface area contributed by atoms with E-state index < -0.39 is 0 Å². The summed E-state index contributed by atoms with van der Waals surface area (Å²) in [7, 11) is 0. The highest BCUT2D eigenvalue weighted by atomic mass is 32.1. The van der Waals surface area contributed by atoms with Gasteiger partial charge in [0, 0.05) is 29.6 Å². The summed E-state index contributed by atoms with van der Waals surface area (Å²) in [6, 6.07) is 17.4. The highest BCUT2D eigenvalue weighted by Gasteiger charge is 2.10. The minimum absolute atomic E-state index is 0.0210. The zero-order valence-corrected chi connectivity index (χ0v) is 16.6. The van der Waals surface area contributed by atoms with Crippen LogP contribution in [0.5, 0.6) is 0 Å². The monoisotopic (exact) mass is 393 g/mol. The van der Waals surface area contributed by atoms with Crippen LogP contribution >= 0.6 is 11.3 Å². The number of benzene rings is 2. The van der Waals surface area contributed by atoms with Crippen LogP contribution in [-0.4, -0.2) is 16.8 Å². The van der Waals surface area contributed by atoms with Crippen LogP contribution < -0.4 is 10.6 Å². The predicted molar refractivity (Wildman–Crippen MR) is 113 cm³/mol. The number of hydrogen-bond acceptors (Lipinski definition) is 4. The van der Waals surface area contributed by atoms with E-state index in [1.165, 1.54) is 11.3 Å². The first-order valence-corrected chi connectivity index (χ1v) is 10.2. The molecule has 1 aromatic heterocycles. The summed E-state index contributed by atoms with van der Waals surface area (Å²) < 4.78 is 0. The second-order valence-electron chi connectivity index (χ2n) is 6.44. The fourth-order valence-electron chi connectivity index (χ4n) is 2.70. The molecule has 0 saturated carbocycles. The van der Waals surface area contributed by atoms with E-state index >= 15 is 0 Å². The highest BCUT2D eigenvalue weighted by molar-refractivity contribution is 7.10. The summed E-state index contributed by atoms with van der Waals surface area (Å²) in [5.41, 5.74) is 3.64. The van der Waals surface area contributed by atoms with Gasteiger partial charge in [-0.05, 0) is 24.1 Å². The molecule has 6 heteroatoms. The lowest BCUT2D eigenvalue weighted by Crippen LogP contribution is -2.24. The van der Waals surface area contributed by atoms with Crippen LogP contribution in [0.25, 0.3) is 11.3 Å². The quantitative estimate of drug-likeness (QED) is 0.596. The maximum absolute atomic E-state index is 12.1. The van der Waals surface area contributed by atoms with Crippen molar-refractivity contribution in [2.75, 3.05) is 5.32 Å². The summed E-state index contributed by atoms with van der Waals surface area (Å²) in [6.07, 6.45) is 1.61. The number of thiazole rings is 1. The zero-order chi connectivity index (χ0) is 19.8. The van der Waals surface area contributed by atoms with Crippen LogP contribution in [0.3, 0.4) is 0 Å². The number of nitrogens with one attached hydrogen (secondary N) is 2. The Hall–Kier alpha value is -2.99. The van der Waals surface area contributed by atoms with Crippen molar-refractivity contribution in [3.8, 4) is 11.3 Å². The van der Waals surface area contributed by atoms with Crippen LogP contribution in [0.2, 0.25) is 0 Å². The summed E-state index contributed by atoms with van der Waals surface area (Å²) in [5, 5.41) is 8.52. The molecule has 0 saturated heterocycles. The third kappa shape index (κ3) is 5.76. The van der Waals surface area contributed by atoms with Gasteiger partial charge in [-0.3, -0.25) is 9.59 Å². The second kappa shape index (κ2) is 9.80. The Kier molecular flexibility index (Phi) is 6.92. The molecule has 0 fully saturated rings. The molecular formula is C22H23N3O2S. The van der Waals surface area contributed by atoms with Crippen LogP contribution in [0, 0.1) is 0 Å². The van der Waals surface area contributed by atoms with E-state index in [1.54, 1.807) is 0 Å². The number of carbonyl (C=O) groups is 2. The van der Waals surface area contributed by atoms with Crippen molar-refractivity contribution in [3.63, 3.8) is 0 Å². The van der Waals surface area contributed by atoms with Crippen molar-refractivity contribution in [1.29, 1.82) is 0 Å². The van der Waals surface area contributed by atoms with Gasteiger partial charge in [-0.15, -0.1) is 11.3 Å². The molecule has 0 aliphatic carbocycles. The highest BCUT2D eigenvalue weighted by Crippen LogP contribution is 2.24. The van der Waals surface area contributed by atoms with Gasteiger partial charge in [-0.1, -0.05) is 49.4 Å². The number of rotatable bonds is 8. The molecule has 144 valence electrons. The smallest absolute Gasteiger partial charge is 0.227 e. The molecule has 5 nitrogen and oxygen atoms in total. The summed E-state index contributed by atoms with van der Waals surface area (Å²) in [5.74, 6) is -0.0218. The molecule has 0 radical (unpaired) electrons. The summed E-state index contributed by atoms with van der Waals surface area (Å²) >= 11 is 1.47. The van der Waals surface area contributed by atoms with E-state index in [0.717, 1.165) is 33.9 Å². The minimum atomic E-state index is -0.0428. The topological polar surface area (TPSA) is 71.1 Å². The van der Waals surface area contributed by atoms with Gasteiger partial charge in [0.2, 0.25) is 11.8 Å². The molecule has 0 spiro atoms. The average Bonchev–Trinajstić information content (AvgIpc) is 3.16. The number of aromatic nitrogens is 1. The number of hydrogen-bond donors (Lipinski definition) is 2. The molecular weight excluding hydrogens is 370 g/mol. The largest absolute Gasteiger partial charge is 0.352 e. The van der Waals surface area contributed by atoms with E-state index in [4.69, 9.17) is 0 Å². The Morgan fingerprint density at radius 3 is 2.46 bits per heavy atom. The second-order valence-corrected chi connectivity index (χ2v) is 7.38. The molecule has 1 heterocycles. The Labute approximate surface area is 168 Å². The van der Waals surface area contributed by atoms with Crippen molar-refractivity contribution in [1.82, 2.24) is 10.3 Å². The molecule has 3 aromatic rings. The van der Waals surface area contributed by atoms with Gasteiger partial charge in [-0.25, -0.2) is 4.98 Å². The molecule has 0 atom stereocenters. The standard InChI is InChI=1S/C22H23N3O2S/c1-2-6-20(26)24-18-11-9-17(10-12-18)19-15-28-22(25-19)13-21(27)23-14-16-7-4-3-5-8-16/h3-5,7-12,15H,2,6,13-14H2,1H3,(H,23,27)(H,24,26). The molecule has 3 rings (SSSR count). The lowest BCUT2D eigenvalue weighted by molar-refractivity contribution is -0.120. The van der Waals surface area contributed by atoms with Gasteiger partial charge in [0.05, 0.1) is 12.1 Å². The van der Waals surface area contributed by atoms with E-state index in [2.05, 4.69) is 15.6 Å². The van der Waals surface area contributed by atoms with Crippen molar-refractivity contribution >= 4 is 28.8 Å². The van der Waals surface area contributed by atoms with Gasteiger partial charge >= 0.3 is 0 Å². The van der Waals surface area contributed by atoms with E-state index in [1.807, 2.05) is 66.9 Å². The fraction of sp³-hybridized carbons (Fsp3) is 0.227. The number of amides is 2. The van der Waals surface area contributed by atoms with Crippen LogP contribution in [0.15, 0.2) is 60.0 Å². The Balaban J connectivity index is 1.54. The maximum Gasteiger partial charge on any atom is 0.227 e. The van der Waals surface area contributed by atoms with Crippen molar-refractivity contribution in [3.05, 3.63) is 70.5 Å². The van der Waals surface area contributed by atoms with E-state index in [-0.39, 0.29) is 18.2 Å². The lowest BCUT2D eigenvalue weighted by Gasteiger charge is -2.05. The third-order valence-electron chi connectivity index (χ3n) is 4.14. The lowest BCUT2D eigenvalue weighted by atomic mass is 10.1. The normalized spacial score (nSPS) is 10.5. The minimum Gasteiger partial charge on any atom is -0.352 e. The SMILES string of the molecule is CCCC(=O)Nc1ccc(-c2csc(CC(=O)NCc3ccccc3)n2)cc1. The van der Waals surface area contributed by atoms with E-state index in [0.29, 0.717) is 13.0 Å². The molecule has 2 aromatic carbocycles. The van der Waals surface area contributed by atoms with Crippen LogP contribution in [0.1, 0.15) is 30.3 Å². The molecule has 0 unspecified atom stereocenters. The van der Waals surface area contributed by atoms with Gasteiger partial charge < -0.3 is 10.6 Å². The number of nitrogens with zero attached hydrogens (tertiary/aromatic N) is 1. The fourth-order valence-corrected chi connectivity index (χ4v) is 3.50. The van der Waals surface area contributed by atoms with E-state index in [9.17, 15) is 9.59 Å². The maximum atomic E-state index is 12.1. The molecule has 0 bridgehead atoms. The van der Waals surface area contributed by atoms with Gasteiger partial charge in [0.15, 0.2) is 0 Å². The molecule has 2 amide bonds. The van der Waals surface area contributed by atoms with Gasteiger partial charge in [0.25, 0.3) is 0 Å². The average molecular weight is 394 g/mol. The van der Waals surface area contributed by atoms with Crippen molar-refractivity contribution in [2.24, 2.45) is 0 Å². The Morgan fingerprint density at radius 2 is 1.75 bits per heavy atom. The molecule has 0 aliphatic heterocycles. The Morgan fingerprint density at radius 1 is 1.00 bits per heavy atom.